The van der Waals surface area contributed by atoms with E-state index in [1.807, 2.05) is 18.2 Å². The van der Waals surface area contributed by atoms with Gasteiger partial charge in [-0.1, -0.05) is 30.3 Å². The second-order valence-corrected chi connectivity index (χ2v) is 8.18. The van der Waals surface area contributed by atoms with Crippen LogP contribution >= 0.6 is 12.4 Å². The highest BCUT2D eigenvalue weighted by Crippen LogP contribution is 2.34. The Bertz CT molecular complexity index is 837. The van der Waals surface area contributed by atoms with Crippen LogP contribution in [-0.2, 0) is 23.1 Å². The van der Waals surface area contributed by atoms with Crippen LogP contribution in [0.5, 0.6) is 0 Å². The molecule has 4 rings (SSSR count). The van der Waals surface area contributed by atoms with Gasteiger partial charge >= 0.3 is 0 Å². The van der Waals surface area contributed by atoms with E-state index in [-0.39, 0.29) is 12.4 Å². The third-order valence-electron chi connectivity index (χ3n) is 4.77. The van der Waals surface area contributed by atoms with Gasteiger partial charge in [0, 0.05) is 45.0 Å². The van der Waals surface area contributed by atoms with Crippen LogP contribution in [0.25, 0.3) is 0 Å². The molecule has 2 aliphatic heterocycles. The Labute approximate surface area is 155 Å². The van der Waals surface area contributed by atoms with E-state index in [4.69, 9.17) is 0 Å². The molecule has 0 aromatic heterocycles. The first-order valence-electron chi connectivity index (χ1n) is 8.28. The number of hydrogen-bond donors (Lipinski definition) is 1. The number of nitrogens with one attached hydrogen (secondary N) is 1. The average Bonchev–Trinajstić information content (AvgIpc) is 3.08. The molecule has 1 fully saturated rings. The van der Waals surface area contributed by atoms with Crippen molar-refractivity contribution < 1.29 is 8.42 Å². The molecule has 7 heteroatoms. The van der Waals surface area contributed by atoms with Crippen molar-refractivity contribution in [3.05, 3.63) is 59.7 Å². The monoisotopic (exact) mass is 379 g/mol. The molecule has 25 heavy (non-hydrogen) atoms. The molecule has 2 aromatic carbocycles. The summed E-state index contributed by atoms with van der Waals surface area (Å²) in [5.74, 6) is 0. The number of sulfonamides is 1. The van der Waals surface area contributed by atoms with Gasteiger partial charge in [0.15, 0.2) is 0 Å². The van der Waals surface area contributed by atoms with E-state index in [9.17, 15) is 8.42 Å². The maximum Gasteiger partial charge on any atom is 0.243 e. The molecular formula is C18H22ClN3O2S. The molecule has 2 aliphatic rings. The predicted molar refractivity (Wildman–Crippen MR) is 102 cm³/mol. The van der Waals surface area contributed by atoms with Crippen molar-refractivity contribution in [2.75, 3.05) is 31.1 Å². The van der Waals surface area contributed by atoms with Crippen LogP contribution in [0.15, 0.2) is 53.4 Å². The van der Waals surface area contributed by atoms with Crippen molar-refractivity contribution in [2.45, 2.75) is 18.0 Å². The van der Waals surface area contributed by atoms with Crippen LogP contribution in [-0.4, -0.2) is 38.9 Å². The second kappa shape index (κ2) is 7.33. The van der Waals surface area contributed by atoms with Crippen LogP contribution in [0, 0.1) is 0 Å². The quantitative estimate of drug-likeness (QED) is 0.888. The molecule has 0 bridgehead atoms. The van der Waals surface area contributed by atoms with Gasteiger partial charge in [0.2, 0.25) is 10.0 Å². The zero-order chi connectivity index (χ0) is 16.6. The number of benzene rings is 2. The molecule has 1 N–H and O–H groups in total. The average molecular weight is 380 g/mol. The van der Waals surface area contributed by atoms with E-state index in [0.29, 0.717) is 18.0 Å². The molecule has 0 radical (unpaired) electrons. The number of piperazine rings is 1. The van der Waals surface area contributed by atoms with Crippen molar-refractivity contribution in [3.8, 4) is 0 Å². The summed E-state index contributed by atoms with van der Waals surface area (Å²) in [6.07, 6.45) is 0. The van der Waals surface area contributed by atoms with Crippen LogP contribution in [0.4, 0.5) is 5.69 Å². The maximum atomic E-state index is 12.9. The van der Waals surface area contributed by atoms with E-state index in [2.05, 4.69) is 16.3 Å². The Hall–Kier alpha value is -1.60. The van der Waals surface area contributed by atoms with Crippen LogP contribution in [0.3, 0.4) is 0 Å². The van der Waals surface area contributed by atoms with Crippen LogP contribution in [0.1, 0.15) is 11.1 Å². The Morgan fingerprint density at radius 3 is 2.32 bits per heavy atom. The fraction of sp³-hybridized carbons (Fsp3) is 0.333. The van der Waals surface area contributed by atoms with Gasteiger partial charge in [-0.25, -0.2) is 8.42 Å². The first-order chi connectivity index (χ1) is 11.7. The normalized spacial score (nSPS) is 17.8. The van der Waals surface area contributed by atoms with Gasteiger partial charge in [-0.15, -0.1) is 12.4 Å². The lowest BCUT2D eigenvalue weighted by Gasteiger charge is -2.31. The molecule has 2 heterocycles. The minimum absolute atomic E-state index is 0. The fourth-order valence-corrected chi connectivity index (χ4v) is 4.89. The minimum atomic E-state index is -3.45. The molecule has 5 nitrogen and oxygen atoms in total. The Morgan fingerprint density at radius 2 is 1.60 bits per heavy atom. The third kappa shape index (κ3) is 3.40. The molecule has 134 valence electrons. The van der Waals surface area contributed by atoms with E-state index in [0.717, 1.165) is 37.3 Å². The second-order valence-electron chi connectivity index (χ2n) is 6.24. The molecule has 0 atom stereocenters. The van der Waals surface area contributed by atoms with E-state index >= 15 is 0 Å². The number of hydrogen-bond acceptors (Lipinski definition) is 4. The van der Waals surface area contributed by atoms with Gasteiger partial charge in [-0.2, -0.15) is 4.31 Å². The molecule has 0 saturated carbocycles. The standard InChI is InChI=1S/C18H21N3O2S.ClH/c22-24(23,16-6-2-1-3-7-16)21-13-15-5-4-8-18(17(15)14-21)20-11-9-19-10-12-20;/h1-8,19H,9-14H2;1H. The third-order valence-corrected chi connectivity index (χ3v) is 6.57. The van der Waals surface area contributed by atoms with Crippen LogP contribution < -0.4 is 10.2 Å². The van der Waals surface area contributed by atoms with Crippen LogP contribution in [0.2, 0.25) is 0 Å². The Kier molecular flexibility index (Phi) is 5.34. The van der Waals surface area contributed by atoms with Gasteiger partial charge in [-0.05, 0) is 29.3 Å². The SMILES string of the molecule is Cl.O=S(=O)(c1ccccc1)N1Cc2cccc(N3CCNCC3)c2C1. The Balaban J connectivity index is 0.00000182. The summed E-state index contributed by atoms with van der Waals surface area (Å²) in [6, 6.07) is 14.9. The number of halogens is 1. The highest BCUT2D eigenvalue weighted by atomic mass is 35.5. The lowest BCUT2D eigenvalue weighted by Crippen LogP contribution is -2.43. The van der Waals surface area contributed by atoms with Crippen molar-refractivity contribution in [1.82, 2.24) is 9.62 Å². The largest absolute Gasteiger partial charge is 0.369 e. The molecule has 1 saturated heterocycles. The summed E-state index contributed by atoms with van der Waals surface area (Å²) in [4.78, 5) is 2.72. The minimum Gasteiger partial charge on any atom is -0.369 e. The van der Waals surface area contributed by atoms with Gasteiger partial charge in [-0.3, -0.25) is 0 Å². The lowest BCUT2D eigenvalue weighted by molar-refractivity contribution is 0.431. The number of nitrogens with zero attached hydrogens (tertiary/aromatic N) is 2. The first kappa shape index (κ1) is 18.2. The summed E-state index contributed by atoms with van der Waals surface area (Å²) in [6.45, 7) is 4.76. The number of rotatable bonds is 3. The van der Waals surface area contributed by atoms with Gasteiger partial charge in [0.25, 0.3) is 0 Å². The van der Waals surface area contributed by atoms with Gasteiger partial charge < -0.3 is 10.2 Å². The summed E-state index contributed by atoms with van der Waals surface area (Å²) >= 11 is 0. The topological polar surface area (TPSA) is 52.7 Å². The molecule has 0 spiro atoms. The summed E-state index contributed by atoms with van der Waals surface area (Å²) < 4.78 is 27.4. The summed E-state index contributed by atoms with van der Waals surface area (Å²) in [7, 11) is -3.45. The number of fused-ring (bicyclic) bond motifs is 1. The summed E-state index contributed by atoms with van der Waals surface area (Å²) in [5.41, 5.74) is 3.45. The van der Waals surface area contributed by atoms with E-state index < -0.39 is 10.0 Å². The molecule has 0 unspecified atom stereocenters. The molecule has 0 aliphatic carbocycles. The first-order valence-corrected chi connectivity index (χ1v) is 9.72. The molecular weight excluding hydrogens is 358 g/mol. The molecule has 2 aromatic rings. The van der Waals surface area contributed by atoms with E-state index in [1.165, 1.54) is 5.69 Å². The maximum absolute atomic E-state index is 12.9. The van der Waals surface area contributed by atoms with Gasteiger partial charge in [0.05, 0.1) is 4.90 Å². The van der Waals surface area contributed by atoms with E-state index in [1.54, 1.807) is 28.6 Å². The fourth-order valence-electron chi connectivity index (χ4n) is 3.49. The lowest BCUT2D eigenvalue weighted by atomic mass is 10.1. The predicted octanol–water partition coefficient (Wildman–Crippen LogP) is 2.22. The zero-order valence-corrected chi connectivity index (χ0v) is 15.5. The van der Waals surface area contributed by atoms with Crippen molar-refractivity contribution in [3.63, 3.8) is 0 Å². The van der Waals surface area contributed by atoms with Crippen molar-refractivity contribution >= 4 is 28.1 Å². The zero-order valence-electron chi connectivity index (χ0n) is 13.9. The molecule has 0 amide bonds. The highest BCUT2D eigenvalue weighted by Gasteiger charge is 2.32. The van der Waals surface area contributed by atoms with Crippen molar-refractivity contribution in [1.29, 1.82) is 0 Å². The van der Waals surface area contributed by atoms with Crippen molar-refractivity contribution in [2.24, 2.45) is 0 Å². The summed E-state index contributed by atoms with van der Waals surface area (Å²) in [5, 5.41) is 3.36. The Morgan fingerprint density at radius 1 is 0.880 bits per heavy atom. The smallest absolute Gasteiger partial charge is 0.243 e. The number of anilines is 1. The highest BCUT2D eigenvalue weighted by molar-refractivity contribution is 7.89. The van der Waals surface area contributed by atoms with Gasteiger partial charge in [0.1, 0.15) is 0 Å².